The van der Waals surface area contributed by atoms with Gasteiger partial charge in [0.05, 0.1) is 20.3 Å². The highest BCUT2D eigenvalue weighted by Gasteiger charge is 2.32. The largest absolute Gasteiger partial charge is 0.497 e. The fourth-order valence-corrected chi connectivity index (χ4v) is 4.68. The van der Waals surface area contributed by atoms with Gasteiger partial charge in [0.1, 0.15) is 17.5 Å². The van der Waals surface area contributed by atoms with Crippen LogP contribution in [0.15, 0.2) is 35.7 Å². The number of esters is 1. The second kappa shape index (κ2) is 11.2. The molecule has 178 valence electrons. The zero-order valence-corrected chi connectivity index (χ0v) is 20.1. The lowest BCUT2D eigenvalue weighted by molar-refractivity contribution is -0.154. The molecule has 2 aromatic rings. The Bertz CT molecular complexity index is 953. The number of thiophene rings is 1. The Hall–Kier alpha value is -3.07. The van der Waals surface area contributed by atoms with E-state index in [2.05, 4.69) is 5.32 Å². The maximum absolute atomic E-state index is 12.8. The summed E-state index contributed by atoms with van der Waals surface area (Å²) in [6.45, 7) is 3.88. The monoisotopic (exact) mass is 474 g/mol. The van der Waals surface area contributed by atoms with Crippen LogP contribution < -0.4 is 14.8 Å². The first kappa shape index (κ1) is 24.6. The summed E-state index contributed by atoms with van der Waals surface area (Å²) in [5.41, 5.74) is 0.289. The van der Waals surface area contributed by atoms with E-state index in [0.29, 0.717) is 18.0 Å². The van der Waals surface area contributed by atoms with Gasteiger partial charge in [-0.3, -0.25) is 9.59 Å². The molecule has 8 nitrogen and oxygen atoms in total. The van der Waals surface area contributed by atoms with Gasteiger partial charge in [0, 0.05) is 23.1 Å². The first-order chi connectivity index (χ1) is 15.8. The molecule has 1 aromatic heterocycles. The van der Waals surface area contributed by atoms with E-state index in [1.807, 2.05) is 17.5 Å². The highest BCUT2D eigenvalue weighted by atomic mass is 32.1. The van der Waals surface area contributed by atoms with Crippen LogP contribution in [0, 0.1) is 5.92 Å². The van der Waals surface area contributed by atoms with Gasteiger partial charge in [-0.1, -0.05) is 19.9 Å². The summed E-state index contributed by atoms with van der Waals surface area (Å²) in [7, 11) is 2.98. The van der Waals surface area contributed by atoms with E-state index in [1.165, 1.54) is 14.2 Å². The Balaban J connectivity index is 1.62. The molecule has 0 spiro atoms. The number of benzene rings is 1. The molecule has 33 heavy (non-hydrogen) atoms. The lowest BCUT2D eigenvalue weighted by Gasteiger charge is -2.25. The third-order valence-corrected chi connectivity index (χ3v) is 6.58. The van der Waals surface area contributed by atoms with Gasteiger partial charge < -0.3 is 24.4 Å². The van der Waals surface area contributed by atoms with Crippen LogP contribution in [0.4, 0.5) is 0 Å². The quantitative estimate of drug-likeness (QED) is 0.560. The first-order valence-corrected chi connectivity index (χ1v) is 11.8. The van der Waals surface area contributed by atoms with Crippen LogP contribution >= 0.6 is 11.3 Å². The molecule has 1 saturated heterocycles. The van der Waals surface area contributed by atoms with E-state index in [9.17, 15) is 14.4 Å². The number of rotatable bonds is 9. The molecule has 2 atom stereocenters. The molecule has 2 amide bonds. The highest BCUT2D eigenvalue weighted by molar-refractivity contribution is 7.10. The Morgan fingerprint density at radius 2 is 1.85 bits per heavy atom. The number of ether oxygens (including phenoxy) is 3. The van der Waals surface area contributed by atoms with E-state index in [-0.39, 0.29) is 30.0 Å². The SMILES string of the molecule is COc1cc(OC)cc(C(=O)NC(C(=O)OCC(=O)N2CCCC2c2cccs2)C(C)C)c1. The van der Waals surface area contributed by atoms with Gasteiger partial charge in [-0.15, -0.1) is 11.3 Å². The second-order valence-electron chi connectivity index (χ2n) is 8.16. The molecule has 1 aromatic carbocycles. The number of likely N-dealkylation sites (tertiary alicyclic amines) is 1. The molecule has 0 saturated carbocycles. The van der Waals surface area contributed by atoms with Gasteiger partial charge in [0.15, 0.2) is 6.61 Å². The van der Waals surface area contributed by atoms with Crippen molar-refractivity contribution in [1.29, 1.82) is 0 Å². The van der Waals surface area contributed by atoms with E-state index >= 15 is 0 Å². The average Bonchev–Trinajstić information content (AvgIpc) is 3.51. The minimum atomic E-state index is -0.908. The number of carbonyl (C=O) groups is 3. The summed E-state index contributed by atoms with van der Waals surface area (Å²) in [6, 6.07) is 7.87. The Morgan fingerprint density at radius 1 is 1.15 bits per heavy atom. The van der Waals surface area contributed by atoms with Crippen LogP contribution in [0.3, 0.4) is 0 Å². The molecule has 9 heteroatoms. The van der Waals surface area contributed by atoms with Gasteiger partial charge >= 0.3 is 5.97 Å². The molecule has 0 bridgehead atoms. The number of nitrogens with one attached hydrogen (secondary N) is 1. The van der Waals surface area contributed by atoms with Crippen molar-refractivity contribution in [3.05, 3.63) is 46.2 Å². The lowest BCUT2D eigenvalue weighted by atomic mass is 10.0. The second-order valence-corrected chi connectivity index (χ2v) is 9.14. The molecule has 1 aliphatic rings. The van der Waals surface area contributed by atoms with Gasteiger partial charge in [0.25, 0.3) is 11.8 Å². The third kappa shape index (κ3) is 6.04. The van der Waals surface area contributed by atoms with Crippen molar-refractivity contribution in [3.8, 4) is 11.5 Å². The van der Waals surface area contributed by atoms with Crippen LogP contribution in [0.5, 0.6) is 11.5 Å². The Kier molecular flexibility index (Phi) is 8.32. The summed E-state index contributed by atoms with van der Waals surface area (Å²) in [4.78, 5) is 41.3. The van der Waals surface area contributed by atoms with Crippen molar-refractivity contribution in [2.75, 3.05) is 27.4 Å². The number of amides is 2. The maximum Gasteiger partial charge on any atom is 0.329 e. The molecule has 3 rings (SSSR count). The van der Waals surface area contributed by atoms with E-state index in [1.54, 1.807) is 48.3 Å². The molecule has 1 N–H and O–H groups in total. The van der Waals surface area contributed by atoms with Crippen molar-refractivity contribution in [2.45, 2.75) is 38.8 Å². The normalized spacial score (nSPS) is 16.4. The summed E-state index contributed by atoms with van der Waals surface area (Å²) >= 11 is 1.62. The van der Waals surface area contributed by atoms with Crippen molar-refractivity contribution in [3.63, 3.8) is 0 Å². The smallest absolute Gasteiger partial charge is 0.329 e. The number of nitrogens with zero attached hydrogens (tertiary/aromatic N) is 1. The molecule has 1 fully saturated rings. The van der Waals surface area contributed by atoms with Gasteiger partial charge in [-0.2, -0.15) is 0 Å². The fourth-order valence-electron chi connectivity index (χ4n) is 3.81. The van der Waals surface area contributed by atoms with Crippen molar-refractivity contribution in [2.24, 2.45) is 5.92 Å². The van der Waals surface area contributed by atoms with Crippen molar-refractivity contribution < 1.29 is 28.6 Å². The third-order valence-electron chi connectivity index (χ3n) is 5.60. The topological polar surface area (TPSA) is 94.2 Å². The summed E-state index contributed by atoms with van der Waals surface area (Å²) < 4.78 is 15.7. The summed E-state index contributed by atoms with van der Waals surface area (Å²) in [6.07, 6.45) is 1.81. The standard InChI is InChI=1S/C24H30N2O6S/c1-15(2)22(25-23(28)16-11-17(30-3)13-18(12-16)31-4)24(29)32-14-21(27)26-9-5-7-19(26)20-8-6-10-33-20/h6,8,10-13,15,19,22H,5,7,9,14H2,1-4H3,(H,25,28). The van der Waals surface area contributed by atoms with E-state index < -0.39 is 17.9 Å². The predicted molar refractivity (Wildman–Crippen MR) is 125 cm³/mol. The summed E-state index contributed by atoms with van der Waals surface area (Å²) in [5, 5.41) is 4.70. The minimum absolute atomic E-state index is 0.0276. The molecule has 2 heterocycles. The Labute approximate surface area is 197 Å². The zero-order chi connectivity index (χ0) is 24.0. The molecule has 0 radical (unpaired) electrons. The van der Waals surface area contributed by atoms with Crippen LogP contribution in [0.2, 0.25) is 0 Å². The van der Waals surface area contributed by atoms with E-state index in [4.69, 9.17) is 14.2 Å². The molecular formula is C24H30N2O6S. The minimum Gasteiger partial charge on any atom is -0.497 e. The van der Waals surface area contributed by atoms with Crippen LogP contribution in [-0.2, 0) is 14.3 Å². The van der Waals surface area contributed by atoms with Crippen LogP contribution in [0.1, 0.15) is 48.0 Å². The highest BCUT2D eigenvalue weighted by Crippen LogP contribution is 2.34. The summed E-state index contributed by atoms with van der Waals surface area (Å²) in [5.74, 6) is -0.667. The number of carbonyl (C=O) groups excluding carboxylic acids is 3. The molecule has 2 unspecified atom stereocenters. The average molecular weight is 475 g/mol. The fraction of sp³-hybridized carbons (Fsp3) is 0.458. The van der Waals surface area contributed by atoms with E-state index in [0.717, 1.165) is 17.7 Å². The number of hydrogen-bond donors (Lipinski definition) is 1. The van der Waals surface area contributed by atoms with Crippen LogP contribution in [0.25, 0.3) is 0 Å². The Morgan fingerprint density at radius 3 is 2.42 bits per heavy atom. The van der Waals surface area contributed by atoms with Gasteiger partial charge in [-0.05, 0) is 42.3 Å². The zero-order valence-electron chi connectivity index (χ0n) is 19.3. The van der Waals surface area contributed by atoms with Gasteiger partial charge in [-0.25, -0.2) is 4.79 Å². The van der Waals surface area contributed by atoms with Crippen molar-refractivity contribution in [1.82, 2.24) is 10.2 Å². The number of hydrogen-bond acceptors (Lipinski definition) is 7. The lowest BCUT2D eigenvalue weighted by Crippen LogP contribution is -2.46. The number of methoxy groups -OCH3 is 2. The molecular weight excluding hydrogens is 444 g/mol. The van der Waals surface area contributed by atoms with Crippen molar-refractivity contribution >= 4 is 29.1 Å². The first-order valence-electron chi connectivity index (χ1n) is 10.9. The maximum atomic E-state index is 12.8. The molecule has 1 aliphatic heterocycles. The van der Waals surface area contributed by atoms with Gasteiger partial charge in [0.2, 0.25) is 0 Å². The van der Waals surface area contributed by atoms with Crippen LogP contribution in [-0.4, -0.2) is 56.1 Å². The predicted octanol–water partition coefficient (Wildman–Crippen LogP) is 3.43. The molecule has 0 aliphatic carbocycles.